The molecule has 1 rings (SSSR count). The van der Waals surface area contributed by atoms with Gasteiger partial charge in [-0.2, -0.15) is 0 Å². The van der Waals surface area contributed by atoms with Crippen LogP contribution in [0.2, 0.25) is 0 Å². The van der Waals surface area contributed by atoms with E-state index in [4.69, 9.17) is 10.5 Å². The molecule has 0 saturated heterocycles. The molecule has 0 aromatic heterocycles. The van der Waals surface area contributed by atoms with Gasteiger partial charge in [0.25, 0.3) is 0 Å². The van der Waals surface area contributed by atoms with Crippen LogP contribution in [0, 0.1) is 11.8 Å². The molecule has 2 unspecified atom stereocenters. The highest BCUT2D eigenvalue weighted by molar-refractivity contribution is 5.26. The highest BCUT2D eigenvalue weighted by atomic mass is 16.5. The molecule has 2 N–H and O–H groups in total. The first kappa shape index (κ1) is 15.2. The summed E-state index contributed by atoms with van der Waals surface area (Å²) in [7, 11) is 1.74. The molecule has 0 bridgehead atoms. The molecular weight excluding hydrogens is 222 g/mol. The Morgan fingerprint density at radius 2 is 1.94 bits per heavy atom. The quantitative estimate of drug-likeness (QED) is 0.802. The number of hydrogen-bond acceptors (Lipinski definition) is 2. The Hall–Kier alpha value is -0.860. The lowest BCUT2D eigenvalue weighted by Gasteiger charge is -2.18. The van der Waals surface area contributed by atoms with Gasteiger partial charge in [0.1, 0.15) is 0 Å². The van der Waals surface area contributed by atoms with Crippen LogP contribution < -0.4 is 5.73 Å². The maximum Gasteiger partial charge on any atom is 0.0488 e. The Morgan fingerprint density at radius 3 is 2.56 bits per heavy atom. The lowest BCUT2D eigenvalue weighted by atomic mass is 9.94. The van der Waals surface area contributed by atoms with Crippen molar-refractivity contribution in [2.24, 2.45) is 17.6 Å². The molecule has 0 spiro atoms. The first-order chi connectivity index (χ1) is 8.52. The van der Waals surface area contributed by atoms with Gasteiger partial charge in [-0.05, 0) is 35.8 Å². The van der Waals surface area contributed by atoms with E-state index in [0.717, 1.165) is 19.4 Å². The third-order valence-electron chi connectivity index (χ3n) is 3.13. The minimum atomic E-state index is 0.113. The molecule has 1 aromatic rings. The van der Waals surface area contributed by atoms with Gasteiger partial charge in [0.2, 0.25) is 0 Å². The standard InChI is InChI=1S/C16H27NO/c1-12(2)8-14-6-5-7-15(10-14)16(17)9-13(3)11-18-4/h5-7,10,12-13,16H,8-9,11,17H2,1-4H3. The average Bonchev–Trinajstić information content (AvgIpc) is 2.28. The van der Waals surface area contributed by atoms with Gasteiger partial charge in [0, 0.05) is 19.8 Å². The van der Waals surface area contributed by atoms with Crippen molar-refractivity contribution in [1.82, 2.24) is 0 Å². The van der Waals surface area contributed by atoms with Crippen LogP contribution in [0.25, 0.3) is 0 Å². The number of benzene rings is 1. The maximum atomic E-state index is 6.27. The second-order valence-corrected chi connectivity index (χ2v) is 5.75. The lowest BCUT2D eigenvalue weighted by Crippen LogP contribution is -2.16. The van der Waals surface area contributed by atoms with Gasteiger partial charge in [0.05, 0.1) is 0 Å². The van der Waals surface area contributed by atoms with E-state index in [9.17, 15) is 0 Å². The van der Waals surface area contributed by atoms with Crippen molar-refractivity contribution in [3.8, 4) is 0 Å². The third-order valence-corrected chi connectivity index (χ3v) is 3.13. The number of hydrogen-bond donors (Lipinski definition) is 1. The van der Waals surface area contributed by atoms with Crippen molar-refractivity contribution in [2.75, 3.05) is 13.7 Å². The molecule has 0 aliphatic heterocycles. The highest BCUT2D eigenvalue weighted by Gasteiger charge is 2.11. The molecule has 0 saturated carbocycles. The predicted molar refractivity (Wildman–Crippen MR) is 77.6 cm³/mol. The van der Waals surface area contributed by atoms with E-state index in [0.29, 0.717) is 11.8 Å². The van der Waals surface area contributed by atoms with Gasteiger partial charge >= 0.3 is 0 Å². The summed E-state index contributed by atoms with van der Waals surface area (Å²) in [4.78, 5) is 0. The van der Waals surface area contributed by atoms with E-state index in [1.165, 1.54) is 11.1 Å². The van der Waals surface area contributed by atoms with E-state index in [-0.39, 0.29) is 6.04 Å². The molecule has 1 aromatic carbocycles. The first-order valence-corrected chi connectivity index (χ1v) is 6.86. The molecule has 0 heterocycles. The first-order valence-electron chi connectivity index (χ1n) is 6.86. The van der Waals surface area contributed by atoms with Gasteiger partial charge < -0.3 is 10.5 Å². The van der Waals surface area contributed by atoms with Gasteiger partial charge in [-0.3, -0.25) is 0 Å². The second kappa shape index (κ2) is 7.55. The second-order valence-electron chi connectivity index (χ2n) is 5.75. The van der Waals surface area contributed by atoms with Crippen LogP contribution in [-0.4, -0.2) is 13.7 Å². The van der Waals surface area contributed by atoms with Crippen LogP contribution in [-0.2, 0) is 11.2 Å². The molecular formula is C16H27NO. The number of methoxy groups -OCH3 is 1. The van der Waals surface area contributed by atoms with Gasteiger partial charge in [0.15, 0.2) is 0 Å². The number of rotatable bonds is 7. The Bertz CT molecular complexity index is 349. The highest BCUT2D eigenvalue weighted by Crippen LogP contribution is 2.21. The van der Waals surface area contributed by atoms with Crippen LogP contribution in [0.5, 0.6) is 0 Å². The molecule has 2 heteroatoms. The molecule has 0 radical (unpaired) electrons. The number of nitrogens with two attached hydrogens (primary N) is 1. The van der Waals surface area contributed by atoms with E-state index in [1.54, 1.807) is 7.11 Å². The van der Waals surface area contributed by atoms with Crippen LogP contribution >= 0.6 is 0 Å². The average molecular weight is 249 g/mol. The third kappa shape index (κ3) is 5.19. The molecule has 2 atom stereocenters. The van der Waals surface area contributed by atoms with E-state index < -0.39 is 0 Å². The Labute approximate surface area is 112 Å². The zero-order valence-corrected chi connectivity index (χ0v) is 12.1. The molecule has 2 nitrogen and oxygen atoms in total. The van der Waals surface area contributed by atoms with Crippen molar-refractivity contribution in [2.45, 2.75) is 39.7 Å². The zero-order chi connectivity index (χ0) is 13.5. The van der Waals surface area contributed by atoms with E-state index in [1.807, 2.05) is 0 Å². The lowest BCUT2D eigenvalue weighted by molar-refractivity contribution is 0.152. The van der Waals surface area contributed by atoms with Gasteiger partial charge in [-0.1, -0.05) is 45.0 Å². The molecule has 0 fully saturated rings. The fraction of sp³-hybridized carbons (Fsp3) is 0.625. The summed E-state index contributed by atoms with van der Waals surface area (Å²) in [5.74, 6) is 1.18. The normalized spacial score (nSPS) is 14.8. The minimum absolute atomic E-state index is 0.113. The van der Waals surface area contributed by atoms with Gasteiger partial charge in [-0.15, -0.1) is 0 Å². The monoisotopic (exact) mass is 249 g/mol. The van der Waals surface area contributed by atoms with Crippen molar-refractivity contribution < 1.29 is 4.74 Å². The number of ether oxygens (including phenoxy) is 1. The summed E-state index contributed by atoms with van der Waals surface area (Å²) in [5.41, 5.74) is 8.90. The summed E-state index contributed by atoms with van der Waals surface area (Å²) < 4.78 is 5.16. The fourth-order valence-corrected chi connectivity index (χ4v) is 2.34. The van der Waals surface area contributed by atoms with Crippen LogP contribution in [0.3, 0.4) is 0 Å². The minimum Gasteiger partial charge on any atom is -0.384 e. The van der Waals surface area contributed by atoms with E-state index in [2.05, 4.69) is 45.0 Å². The molecule has 0 aliphatic carbocycles. The SMILES string of the molecule is COCC(C)CC(N)c1cccc(CC(C)C)c1. The summed E-state index contributed by atoms with van der Waals surface area (Å²) in [6.45, 7) is 7.45. The predicted octanol–water partition coefficient (Wildman–Crippen LogP) is 3.56. The Morgan fingerprint density at radius 1 is 1.22 bits per heavy atom. The maximum absolute atomic E-state index is 6.27. The molecule has 18 heavy (non-hydrogen) atoms. The van der Waals surface area contributed by atoms with Crippen LogP contribution in [0.15, 0.2) is 24.3 Å². The summed E-state index contributed by atoms with van der Waals surface area (Å²) in [5, 5.41) is 0. The zero-order valence-electron chi connectivity index (χ0n) is 12.1. The molecule has 0 aliphatic rings. The summed E-state index contributed by atoms with van der Waals surface area (Å²) in [6.07, 6.45) is 2.09. The topological polar surface area (TPSA) is 35.2 Å². The summed E-state index contributed by atoms with van der Waals surface area (Å²) in [6, 6.07) is 8.81. The summed E-state index contributed by atoms with van der Waals surface area (Å²) >= 11 is 0. The van der Waals surface area contributed by atoms with Crippen LogP contribution in [0.1, 0.15) is 44.4 Å². The smallest absolute Gasteiger partial charge is 0.0488 e. The van der Waals surface area contributed by atoms with Crippen molar-refractivity contribution >= 4 is 0 Å². The molecule has 102 valence electrons. The van der Waals surface area contributed by atoms with Crippen molar-refractivity contribution in [3.05, 3.63) is 35.4 Å². The Balaban J connectivity index is 2.64. The van der Waals surface area contributed by atoms with Crippen molar-refractivity contribution in [1.29, 1.82) is 0 Å². The largest absolute Gasteiger partial charge is 0.384 e. The van der Waals surface area contributed by atoms with E-state index >= 15 is 0 Å². The Kier molecular flexibility index (Phi) is 6.37. The van der Waals surface area contributed by atoms with Crippen molar-refractivity contribution in [3.63, 3.8) is 0 Å². The molecule has 0 amide bonds. The fourth-order valence-electron chi connectivity index (χ4n) is 2.34. The van der Waals surface area contributed by atoms with Gasteiger partial charge in [-0.25, -0.2) is 0 Å². The van der Waals surface area contributed by atoms with Crippen LogP contribution in [0.4, 0.5) is 0 Å².